The van der Waals surface area contributed by atoms with Gasteiger partial charge in [-0.15, -0.1) is 0 Å². The van der Waals surface area contributed by atoms with Crippen LogP contribution in [0.3, 0.4) is 0 Å². The highest BCUT2D eigenvalue weighted by Crippen LogP contribution is 2.43. The molecule has 2 fully saturated rings. The van der Waals surface area contributed by atoms with Gasteiger partial charge in [-0.1, -0.05) is 76.3 Å². The summed E-state index contributed by atoms with van der Waals surface area (Å²) in [6.07, 6.45) is -2.01. The first-order valence-corrected chi connectivity index (χ1v) is 15.9. The molecule has 2 N–H and O–H groups in total. The highest BCUT2D eigenvalue weighted by atomic mass is 35.6. The van der Waals surface area contributed by atoms with Gasteiger partial charge in [0.2, 0.25) is 18.1 Å². The Bertz CT molecular complexity index is 997. The van der Waals surface area contributed by atoms with Gasteiger partial charge < -0.3 is 33.7 Å². The van der Waals surface area contributed by atoms with E-state index in [1.807, 2.05) is 41.5 Å². The molecule has 2 rings (SSSR count). The first kappa shape index (κ1) is 37.8. The van der Waals surface area contributed by atoms with Crippen LogP contribution in [-0.2, 0) is 42.8 Å². The number of nitrogens with one attached hydrogen (secondary N) is 2. The molecule has 0 radical (unpaired) electrons. The van der Waals surface area contributed by atoms with Crippen LogP contribution in [0.1, 0.15) is 81.6 Å². The van der Waals surface area contributed by atoms with Crippen molar-refractivity contribution in [1.29, 1.82) is 5.41 Å². The van der Waals surface area contributed by atoms with Gasteiger partial charge in [-0.25, -0.2) is 0 Å². The third-order valence-electron chi connectivity index (χ3n) is 8.21. The van der Waals surface area contributed by atoms with Gasteiger partial charge in [0.15, 0.2) is 5.79 Å². The second kappa shape index (κ2) is 15.8. The molecule has 0 aromatic heterocycles. The zero-order valence-corrected chi connectivity index (χ0v) is 28.7. The van der Waals surface area contributed by atoms with Crippen molar-refractivity contribution in [3.63, 3.8) is 0 Å². The molecule has 0 aromatic carbocycles. The first-order valence-electron chi connectivity index (χ1n) is 14.8. The van der Waals surface area contributed by atoms with E-state index < -0.39 is 64.0 Å². The Balaban J connectivity index is 2.43. The lowest BCUT2D eigenvalue weighted by molar-refractivity contribution is -0.347. The highest BCUT2D eigenvalue weighted by molar-refractivity contribution is 6.76. The predicted molar refractivity (Wildman–Crippen MR) is 162 cm³/mol. The van der Waals surface area contributed by atoms with Gasteiger partial charge >= 0.3 is 11.9 Å². The maximum absolute atomic E-state index is 12.5. The fourth-order valence-corrected chi connectivity index (χ4v) is 6.06. The van der Waals surface area contributed by atoms with Crippen molar-refractivity contribution in [2.24, 2.45) is 23.7 Å². The molecule has 0 spiro atoms. The summed E-state index contributed by atoms with van der Waals surface area (Å²) in [7, 11) is 0. The summed E-state index contributed by atoms with van der Waals surface area (Å²) in [6.45, 7) is 15.8. The Morgan fingerprint density at radius 2 is 1.72 bits per heavy atom. The maximum atomic E-state index is 12.5. The van der Waals surface area contributed by atoms with Crippen LogP contribution in [0, 0.1) is 29.1 Å². The van der Waals surface area contributed by atoms with E-state index in [0.29, 0.717) is 19.3 Å². The monoisotopic (exact) mass is 672 g/mol. The van der Waals surface area contributed by atoms with E-state index in [-0.39, 0.29) is 36.3 Å². The Morgan fingerprint density at radius 1 is 1.09 bits per heavy atom. The zero-order valence-electron chi connectivity index (χ0n) is 26.4. The molecule has 0 saturated carbocycles. The normalized spacial score (nSPS) is 34.4. The lowest BCUT2D eigenvalue weighted by Gasteiger charge is -2.52. The van der Waals surface area contributed by atoms with Crippen LogP contribution < -0.4 is 5.32 Å². The molecular formula is C29H47Cl3N2O9. The number of esters is 2. The number of alkyl halides is 3. The standard InChI is InChI=1S/C29H47Cl3N2O9/c1-10-20(39-19(8)36)15(4)25-23(34-22(37)11-2)14(3)12-28(9,43-25)42-24-16(5)21(13-38-18(7)35)40-26(17(24)6)41-27(33)29(30,31)32/h14-17,20-21,23-26,33H,10-13H2,1-9H3,(H,34,37)/t14-,15-,16+,17?,20-,21?,23-,24+,25?,26?,28+/m1/s1. The summed E-state index contributed by atoms with van der Waals surface area (Å²) in [5.41, 5.74) is 0. The molecule has 2 aliphatic rings. The van der Waals surface area contributed by atoms with Crippen molar-refractivity contribution in [3.8, 4) is 0 Å². The lowest BCUT2D eigenvalue weighted by Crippen LogP contribution is -2.63. The molecule has 14 heteroatoms. The zero-order chi connectivity index (χ0) is 32.9. The van der Waals surface area contributed by atoms with E-state index in [9.17, 15) is 14.4 Å². The van der Waals surface area contributed by atoms with Crippen LogP contribution in [0.25, 0.3) is 0 Å². The number of rotatable bonds is 11. The fourth-order valence-electron chi connectivity index (χ4n) is 5.93. The molecule has 11 atom stereocenters. The quantitative estimate of drug-likeness (QED) is 0.129. The molecule has 2 aliphatic heterocycles. The van der Waals surface area contributed by atoms with E-state index in [1.165, 1.54) is 13.8 Å². The smallest absolute Gasteiger partial charge is 0.302 e. The van der Waals surface area contributed by atoms with Crippen LogP contribution in [0.15, 0.2) is 0 Å². The van der Waals surface area contributed by atoms with Gasteiger partial charge in [0.1, 0.15) is 18.8 Å². The molecule has 2 heterocycles. The first-order chi connectivity index (χ1) is 19.8. The van der Waals surface area contributed by atoms with Crippen molar-refractivity contribution in [1.82, 2.24) is 5.32 Å². The van der Waals surface area contributed by atoms with Crippen LogP contribution in [-0.4, -0.2) is 76.7 Å². The molecule has 4 unspecified atom stereocenters. The average molecular weight is 674 g/mol. The highest BCUT2D eigenvalue weighted by Gasteiger charge is 2.52. The molecule has 248 valence electrons. The molecule has 0 aliphatic carbocycles. The van der Waals surface area contributed by atoms with Gasteiger partial charge in [0.25, 0.3) is 3.79 Å². The minimum Gasteiger partial charge on any atom is -0.463 e. The van der Waals surface area contributed by atoms with Gasteiger partial charge in [-0.2, -0.15) is 0 Å². The number of ether oxygens (including phenoxy) is 6. The average Bonchev–Trinajstić information content (AvgIpc) is 2.90. The molecule has 2 saturated heterocycles. The Hall–Kier alpha value is -1.37. The molecule has 1 amide bonds. The summed E-state index contributed by atoms with van der Waals surface area (Å²) in [6, 6.07) is -0.356. The minimum absolute atomic E-state index is 0.0800. The molecular weight excluding hydrogens is 627 g/mol. The molecule has 43 heavy (non-hydrogen) atoms. The van der Waals surface area contributed by atoms with Crippen molar-refractivity contribution in [3.05, 3.63) is 0 Å². The van der Waals surface area contributed by atoms with Crippen molar-refractivity contribution in [2.75, 3.05) is 6.61 Å². The van der Waals surface area contributed by atoms with E-state index in [2.05, 4.69) is 5.32 Å². The number of carbonyl (C=O) groups is 3. The molecule has 0 bridgehead atoms. The molecule has 0 aromatic rings. The second-order valence-electron chi connectivity index (χ2n) is 11.9. The number of halogens is 3. The van der Waals surface area contributed by atoms with E-state index in [4.69, 9.17) is 68.6 Å². The number of amides is 1. The SMILES string of the molecule is CCC(=O)N[C@H]1C([C@H](C)[C@@H](CC)OC(C)=O)O[C@](C)(O[C@@H]2C(C)C(OC(=N)C(Cl)(Cl)Cl)OC(COC(C)=O)[C@@H]2C)C[C@H]1C. The van der Waals surface area contributed by atoms with Gasteiger partial charge in [-0.3, -0.25) is 19.8 Å². The number of carbonyl (C=O) groups excluding carboxylic acids is 3. The van der Waals surface area contributed by atoms with Gasteiger partial charge in [0.05, 0.1) is 18.2 Å². The summed E-state index contributed by atoms with van der Waals surface area (Å²) in [4.78, 5) is 36.0. The number of hydrogen-bond donors (Lipinski definition) is 2. The largest absolute Gasteiger partial charge is 0.463 e. The Kier molecular flexibility index (Phi) is 13.9. The summed E-state index contributed by atoms with van der Waals surface area (Å²) in [5, 5.41) is 11.2. The van der Waals surface area contributed by atoms with Crippen LogP contribution in [0.5, 0.6) is 0 Å². The fraction of sp³-hybridized carbons (Fsp3) is 0.862. The van der Waals surface area contributed by atoms with Gasteiger partial charge in [-0.05, 0) is 19.3 Å². The van der Waals surface area contributed by atoms with Crippen molar-refractivity contribution < 1.29 is 42.8 Å². The third-order valence-corrected chi connectivity index (χ3v) is 8.72. The van der Waals surface area contributed by atoms with E-state index in [0.717, 1.165) is 0 Å². The van der Waals surface area contributed by atoms with Crippen molar-refractivity contribution in [2.45, 2.75) is 128 Å². The van der Waals surface area contributed by atoms with Crippen LogP contribution in [0.2, 0.25) is 0 Å². The maximum Gasteiger partial charge on any atom is 0.302 e. The van der Waals surface area contributed by atoms with E-state index in [1.54, 1.807) is 6.92 Å². The van der Waals surface area contributed by atoms with Crippen molar-refractivity contribution >= 4 is 58.5 Å². The van der Waals surface area contributed by atoms with Crippen LogP contribution in [0.4, 0.5) is 0 Å². The van der Waals surface area contributed by atoms with E-state index >= 15 is 0 Å². The Morgan fingerprint density at radius 3 is 2.23 bits per heavy atom. The third kappa shape index (κ3) is 10.3. The van der Waals surface area contributed by atoms with Gasteiger partial charge in [0, 0.05) is 44.4 Å². The second-order valence-corrected chi connectivity index (χ2v) is 14.1. The topological polar surface area (TPSA) is 142 Å². The summed E-state index contributed by atoms with van der Waals surface area (Å²) < 4.78 is 34.0. The summed E-state index contributed by atoms with van der Waals surface area (Å²) >= 11 is 17.6. The molecule has 11 nitrogen and oxygen atoms in total. The summed E-state index contributed by atoms with van der Waals surface area (Å²) in [5.74, 6) is -3.93. The van der Waals surface area contributed by atoms with Crippen LogP contribution >= 0.6 is 34.8 Å². The Labute approximate surface area is 269 Å². The lowest BCUT2D eigenvalue weighted by atomic mass is 9.79. The number of hydrogen-bond acceptors (Lipinski definition) is 10. The predicted octanol–water partition coefficient (Wildman–Crippen LogP) is 5.31. The minimum atomic E-state index is -2.11.